The fourth-order valence-electron chi connectivity index (χ4n) is 5.29. The Labute approximate surface area is 220 Å². The SMILES string of the molecule is COc1ccc(NC(=O)C2CCN(c3c(C(=O)N4CCCCC4)cnc4snc(C)c34)CC2)c(OC)c1. The number of carbonyl (C=O) groups excluding carboxylic acids is 2. The lowest BCUT2D eigenvalue weighted by Crippen LogP contribution is -2.40. The molecule has 0 atom stereocenters. The van der Waals surface area contributed by atoms with Gasteiger partial charge in [-0.2, -0.15) is 4.37 Å². The minimum atomic E-state index is -0.136. The molecule has 0 spiro atoms. The maximum atomic E-state index is 13.6. The number of benzene rings is 1. The molecule has 9 nitrogen and oxygen atoms in total. The summed E-state index contributed by atoms with van der Waals surface area (Å²) in [7, 11) is 3.17. The standard InChI is InChI=1S/C27H33N5O4S/c1-17-23-24(20(16-28-26(23)37-30-17)27(34)32-11-5-4-6-12-32)31-13-9-18(10-14-31)25(33)29-21-8-7-19(35-2)15-22(21)36-3/h7-8,15-16,18H,4-6,9-14H2,1-3H3,(H,29,33). The molecule has 196 valence electrons. The van der Waals surface area contributed by atoms with Crippen LogP contribution >= 0.6 is 11.5 Å². The minimum Gasteiger partial charge on any atom is -0.497 e. The predicted molar refractivity (Wildman–Crippen MR) is 145 cm³/mol. The van der Waals surface area contributed by atoms with Gasteiger partial charge in [-0.1, -0.05) is 0 Å². The molecule has 2 aliphatic rings. The topological polar surface area (TPSA) is 96.9 Å². The van der Waals surface area contributed by atoms with Crippen molar-refractivity contribution in [1.82, 2.24) is 14.3 Å². The molecule has 2 fully saturated rings. The van der Waals surface area contributed by atoms with E-state index in [1.54, 1.807) is 38.6 Å². The van der Waals surface area contributed by atoms with Crippen LogP contribution < -0.4 is 19.7 Å². The summed E-state index contributed by atoms with van der Waals surface area (Å²) in [4.78, 5) is 36.4. The van der Waals surface area contributed by atoms with Gasteiger partial charge < -0.3 is 24.6 Å². The molecule has 0 bridgehead atoms. The highest BCUT2D eigenvalue weighted by atomic mass is 32.1. The van der Waals surface area contributed by atoms with Crippen LogP contribution in [0, 0.1) is 12.8 Å². The quantitative estimate of drug-likeness (QED) is 0.508. The van der Waals surface area contributed by atoms with Crippen LogP contribution in [0.3, 0.4) is 0 Å². The molecule has 0 aliphatic carbocycles. The van der Waals surface area contributed by atoms with E-state index in [2.05, 4.69) is 19.6 Å². The number of aryl methyl sites for hydroxylation is 1. The zero-order chi connectivity index (χ0) is 25.9. The first-order chi connectivity index (χ1) is 18.0. The number of nitrogens with one attached hydrogen (secondary N) is 1. The van der Waals surface area contributed by atoms with Gasteiger partial charge in [0.25, 0.3) is 5.91 Å². The maximum absolute atomic E-state index is 13.6. The lowest BCUT2D eigenvalue weighted by Gasteiger charge is -2.35. The molecule has 2 amide bonds. The van der Waals surface area contributed by atoms with Crippen LogP contribution in [0.5, 0.6) is 11.5 Å². The van der Waals surface area contributed by atoms with Gasteiger partial charge >= 0.3 is 0 Å². The first kappa shape index (κ1) is 25.3. The van der Waals surface area contributed by atoms with Crippen LogP contribution in [0.2, 0.25) is 0 Å². The zero-order valence-electron chi connectivity index (χ0n) is 21.6. The van der Waals surface area contributed by atoms with Crippen molar-refractivity contribution in [3.8, 4) is 11.5 Å². The van der Waals surface area contributed by atoms with E-state index in [1.165, 1.54) is 18.0 Å². The Bertz CT molecular complexity index is 1300. The number of ether oxygens (including phenoxy) is 2. The number of methoxy groups -OCH3 is 2. The van der Waals surface area contributed by atoms with E-state index in [4.69, 9.17) is 9.47 Å². The Kier molecular flexibility index (Phi) is 7.45. The van der Waals surface area contributed by atoms with Gasteiger partial charge in [0.1, 0.15) is 16.3 Å². The molecule has 2 aliphatic heterocycles. The third-order valence-electron chi connectivity index (χ3n) is 7.37. The largest absolute Gasteiger partial charge is 0.497 e. The molecule has 37 heavy (non-hydrogen) atoms. The number of rotatable bonds is 6. The number of aromatic nitrogens is 2. The smallest absolute Gasteiger partial charge is 0.257 e. The molecule has 3 aromatic rings. The van der Waals surface area contributed by atoms with E-state index >= 15 is 0 Å². The van der Waals surface area contributed by atoms with Gasteiger partial charge in [-0.25, -0.2) is 4.98 Å². The van der Waals surface area contributed by atoms with Crippen LogP contribution in [0.25, 0.3) is 10.2 Å². The molecule has 10 heteroatoms. The molecule has 0 unspecified atom stereocenters. The van der Waals surface area contributed by atoms with Crippen LogP contribution in [0.1, 0.15) is 48.2 Å². The van der Waals surface area contributed by atoms with Gasteiger partial charge in [0.2, 0.25) is 5.91 Å². The van der Waals surface area contributed by atoms with E-state index < -0.39 is 0 Å². The second-order valence-corrected chi connectivity index (χ2v) is 10.4. The lowest BCUT2D eigenvalue weighted by atomic mass is 9.94. The molecule has 2 aromatic heterocycles. The van der Waals surface area contributed by atoms with Gasteiger partial charge in [0, 0.05) is 44.4 Å². The Balaban J connectivity index is 1.35. The van der Waals surface area contributed by atoms with E-state index in [-0.39, 0.29) is 17.7 Å². The normalized spacial score (nSPS) is 16.6. The summed E-state index contributed by atoms with van der Waals surface area (Å²) in [5.74, 6) is 1.11. The van der Waals surface area contributed by atoms with E-state index in [0.29, 0.717) is 48.7 Å². The van der Waals surface area contributed by atoms with E-state index in [9.17, 15) is 9.59 Å². The summed E-state index contributed by atoms with van der Waals surface area (Å²) < 4.78 is 15.2. The third kappa shape index (κ3) is 5.07. The Morgan fingerprint density at radius 3 is 2.51 bits per heavy atom. The highest BCUT2D eigenvalue weighted by molar-refractivity contribution is 7.13. The lowest BCUT2D eigenvalue weighted by molar-refractivity contribution is -0.120. The predicted octanol–water partition coefficient (Wildman–Crippen LogP) is 4.50. The number of pyridine rings is 1. The van der Waals surface area contributed by atoms with Crippen LogP contribution in [0.15, 0.2) is 24.4 Å². The summed E-state index contributed by atoms with van der Waals surface area (Å²) in [6.45, 7) is 4.89. The second-order valence-electron chi connectivity index (χ2n) is 9.64. The van der Waals surface area contributed by atoms with Gasteiger partial charge in [-0.15, -0.1) is 0 Å². The molecular weight excluding hydrogens is 490 g/mol. The molecule has 0 radical (unpaired) electrons. The number of likely N-dealkylation sites (tertiary alicyclic amines) is 1. The molecule has 1 aromatic carbocycles. The molecule has 4 heterocycles. The van der Waals surface area contributed by atoms with Gasteiger partial charge in [0.15, 0.2) is 0 Å². The summed E-state index contributed by atoms with van der Waals surface area (Å²) >= 11 is 1.36. The number of hydrogen-bond acceptors (Lipinski definition) is 8. The van der Waals surface area contributed by atoms with Gasteiger partial charge in [-0.3, -0.25) is 9.59 Å². The summed E-state index contributed by atoms with van der Waals surface area (Å²) in [6.07, 6.45) is 6.33. The van der Waals surface area contributed by atoms with Crippen molar-refractivity contribution in [2.45, 2.75) is 39.0 Å². The first-order valence-electron chi connectivity index (χ1n) is 12.8. The molecule has 2 saturated heterocycles. The van der Waals surface area contributed by atoms with Crippen molar-refractivity contribution >= 4 is 44.9 Å². The summed E-state index contributed by atoms with van der Waals surface area (Å²) in [5, 5.41) is 3.98. The Hall–Kier alpha value is -3.40. The van der Waals surface area contributed by atoms with Crippen LogP contribution in [-0.2, 0) is 4.79 Å². The highest BCUT2D eigenvalue weighted by Crippen LogP contribution is 2.37. The van der Waals surface area contributed by atoms with Crippen molar-refractivity contribution in [3.63, 3.8) is 0 Å². The number of piperidine rings is 2. The van der Waals surface area contributed by atoms with Crippen molar-refractivity contribution in [1.29, 1.82) is 0 Å². The molecule has 0 saturated carbocycles. The van der Waals surface area contributed by atoms with Gasteiger partial charge in [-0.05, 0) is 62.7 Å². The molecule has 1 N–H and O–H groups in total. The Morgan fingerprint density at radius 2 is 1.81 bits per heavy atom. The number of amides is 2. The number of nitrogens with zero attached hydrogens (tertiary/aromatic N) is 4. The van der Waals surface area contributed by atoms with Crippen molar-refractivity contribution in [3.05, 3.63) is 35.7 Å². The highest BCUT2D eigenvalue weighted by Gasteiger charge is 2.31. The summed E-state index contributed by atoms with van der Waals surface area (Å²) in [6, 6.07) is 5.35. The van der Waals surface area contributed by atoms with E-state index in [1.807, 2.05) is 11.8 Å². The number of carbonyl (C=O) groups is 2. The molecule has 5 rings (SSSR count). The minimum absolute atomic E-state index is 0.0269. The van der Waals surface area contributed by atoms with Crippen molar-refractivity contribution < 1.29 is 19.1 Å². The number of anilines is 2. The fourth-order valence-corrected chi connectivity index (χ4v) is 6.04. The number of hydrogen-bond donors (Lipinski definition) is 1. The van der Waals surface area contributed by atoms with Crippen LogP contribution in [-0.4, -0.2) is 66.5 Å². The Morgan fingerprint density at radius 1 is 1.05 bits per heavy atom. The zero-order valence-corrected chi connectivity index (χ0v) is 22.4. The van der Waals surface area contributed by atoms with Crippen LogP contribution in [0.4, 0.5) is 11.4 Å². The third-order valence-corrected chi connectivity index (χ3v) is 8.22. The van der Waals surface area contributed by atoms with Gasteiger partial charge in [0.05, 0.1) is 42.2 Å². The average Bonchev–Trinajstić information content (AvgIpc) is 3.33. The average molecular weight is 524 g/mol. The van der Waals surface area contributed by atoms with Crippen molar-refractivity contribution in [2.75, 3.05) is 50.6 Å². The first-order valence-corrected chi connectivity index (χ1v) is 13.6. The van der Waals surface area contributed by atoms with E-state index in [0.717, 1.165) is 47.5 Å². The summed E-state index contributed by atoms with van der Waals surface area (Å²) in [5.41, 5.74) is 3.08. The molecular formula is C27H33N5O4S. The second kappa shape index (κ2) is 10.9. The van der Waals surface area contributed by atoms with Crippen molar-refractivity contribution in [2.24, 2.45) is 5.92 Å². The maximum Gasteiger partial charge on any atom is 0.257 e. The fraction of sp³-hybridized carbons (Fsp3) is 0.481. The monoisotopic (exact) mass is 523 g/mol. The number of fused-ring (bicyclic) bond motifs is 1.